The van der Waals surface area contributed by atoms with Crippen LogP contribution in [0.15, 0.2) is 12.1 Å². The number of halogens is 2. The van der Waals surface area contributed by atoms with Gasteiger partial charge in [-0.25, -0.2) is 4.39 Å². The van der Waals surface area contributed by atoms with E-state index in [-0.39, 0.29) is 11.7 Å². The number of hydrogen-bond donors (Lipinski definition) is 0. The number of benzene rings is 1. The molecule has 1 aliphatic carbocycles. The highest BCUT2D eigenvalue weighted by molar-refractivity contribution is 6.31. The van der Waals surface area contributed by atoms with Gasteiger partial charge in [-0.15, -0.1) is 0 Å². The summed E-state index contributed by atoms with van der Waals surface area (Å²) in [5.74, 6) is -0.0229. The van der Waals surface area contributed by atoms with Crippen LogP contribution < -0.4 is 0 Å². The second-order valence-electron chi connectivity index (χ2n) is 4.27. The summed E-state index contributed by atoms with van der Waals surface area (Å²) >= 11 is 6.05. The van der Waals surface area contributed by atoms with Gasteiger partial charge in [0.15, 0.2) is 0 Å². The number of nitrogens with zero attached hydrogens (tertiary/aromatic N) is 1. The Kier molecular flexibility index (Phi) is 2.24. The van der Waals surface area contributed by atoms with Gasteiger partial charge in [0.1, 0.15) is 5.82 Å². The van der Waals surface area contributed by atoms with E-state index in [1.165, 1.54) is 6.07 Å². The molecule has 0 spiro atoms. The van der Waals surface area contributed by atoms with Crippen molar-refractivity contribution in [2.75, 3.05) is 0 Å². The van der Waals surface area contributed by atoms with E-state index in [1.807, 2.05) is 6.92 Å². The molecular weight excluding hydrogens is 213 g/mol. The zero-order valence-electron chi connectivity index (χ0n) is 8.64. The van der Waals surface area contributed by atoms with Gasteiger partial charge >= 0.3 is 0 Å². The number of aryl methyl sites for hydroxylation is 1. The molecule has 1 aliphatic rings. The molecule has 0 bridgehead atoms. The van der Waals surface area contributed by atoms with Crippen molar-refractivity contribution >= 4 is 11.6 Å². The highest BCUT2D eigenvalue weighted by atomic mass is 35.5. The van der Waals surface area contributed by atoms with Crippen molar-refractivity contribution in [1.82, 2.24) is 0 Å². The minimum Gasteiger partial charge on any atom is -0.207 e. The normalized spacial score (nSPS) is 28.6. The van der Waals surface area contributed by atoms with Crippen LogP contribution in [0.3, 0.4) is 0 Å². The largest absolute Gasteiger partial charge is 0.207 e. The molecule has 15 heavy (non-hydrogen) atoms. The molecule has 1 aromatic carbocycles. The number of rotatable bonds is 1. The molecule has 0 N–H and O–H groups in total. The average Bonchev–Trinajstić information content (AvgIpc) is 2.84. The van der Waals surface area contributed by atoms with Crippen molar-refractivity contribution in [1.29, 1.82) is 5.26 Å². The van der Waals surface area contributed by atoms with E-state index in [2.05, 4.69) is 6.07 Å². The fraction of sp³-hybridized carbons (Fsp3) is 0.417. The van der Waals surface area contributed by atoms with Crippen LogP contribution in [-0.4, -0.2) is 0 Å². The molecule has 1 aromatic rings. The Morgan fingerprint density at radius 3 is 2.67 bits per heavy atom. The van der Waals surface area contributed by atoms with E-state index in [1.54, 1.807) is 13.0 Å². The van der Waals surface area contributed by atoms with E-state index in [4.69, 9.17) is 16.9 Å². The second kappa shape index (κ2) is 3.21. The van der Waals surface area contributed by atoms with Gasteiger partial charge in [-0.1, -0.05) is 18.5 Å². The van der Waals surface area contributed by atoms with Gasteiger partial charge in [0.05, 0.1) is 11.5 Å². The van der Waals surface area contributed by atoms with Crippen LogP contribution in [0.1, 0.15) is 24.5 Å². The first-order chi connectivity index (χ1) is 7.01. The Bertz CT molecular complexity index is 463. The molecule has 0 amide bonds. The van der Waals surface area contributed by atoms with E-state index < -0.39 is 5.41 Å². The Hall–Kier alpha value is -1.07. The maximum Gasteiger partial charge on any atom is 0.126 e. The minimum absolute atomic E-state index is 0.266. The highest BCUT2D eigenvalue weighted by Gasteiger charge is 2.54. The first-order valence-electron chi connectivity index (χ1n) is 4.88. The van der Waals surface area contributed by atoms with Gasteiger partial charge in [0, 0.05) is 5.02 Å². The van der Waals surface area contributed by atoms with E-state index in [0.717, 1.165) is 6.42 Å². The van der Waals surface area contributed by atoms with Gasteiger partial charge in [-0.3, -0.25) is 0 Å². The zero-order valence-corrected chi connectivity index (χ0v) is 9.40. The van der Waals surface area contributed by atoms with Gasteiger partial charge in [-0.2, -0.15) is 5.26 Å². The fourth-order valence-corrected chi connectivity index (χ4v) is 2.39. The summed E-state index contributed by atoms with van der Waals surface area (Å²) in [5.41, 5.74) is 0.610. The summed E-state index contributed by atoms with van der Waals surface area (Å²) in [5, 5.41) is 9.63. The van der Waals surface area contributed by atoms with E-state index >= 15 is 0 Å². The maximum absolute atomic E-state index is 13.4. The second-order valence-corrected chi connectivity index (χ2v) is 4.68. The van der Waals surface area contributed by atoms with Gasteiger partial charge < -0.3 is 0 Å². The van der Waals surface area contributed by atoms with Crippen molar-refractivity contribution in [3.8, 4) is 6.07 Å². The van der Waals surface area contributed by atoms with Crippen LogP contribution >= 0.6 is 11.6 Å². The van der Waals surface area contributed by atoms with Crippen LogP contribution in [-0.2, 0) is 5.41 Å². The van der Waals surface area contributed by atoms with Crippen molar-refractivity contribution in [2.45, 2.75) is 25.7 Å². The van der Waals surface area contributed by atoms with Crippen LogP contribution in [0.2, 0.25) is 5.02 Å². The number of hydrogen-bond acceptors (Lipinski definition) is 1. The summed E-state index contributed by atoms with van der Waals surface area (Å²) < 4.78 is 13.4. The monoisotopic (exact) mass is 223 g/mol. The highest BCUT2D eigenvalue weighted by Crippen LogP contribution is 2.55. The molecule has 78 valence electrons. The topological polar surface area (TPSA) is 23.8 Å². The summed E-state index contributed by atoms with van der Waals surface area (Å²) in [7, 11) is 0. The molecule has 2 unspecified atom stereocenters. The molecule has 0 heterocycles. The zero-order chi connectivity index (χ0) is 11.2. The lowest BCUT2D eigenvalue weighted by Crippen LogP contribution is -2.07. The molecule has 1 saturated carbocycles. The smallest absolute Gasteiger partial charge is 0.126 e. The SMILES string of the molecule is Cc1cc(Cl)c(C2(C#N)CC2C)cc1F. The Morgan fingerprint density at radius 1 is 1.60 bits per heavy atom. The third-order valence-electron chi connectivity index (χ3n) is 3.24. The van der Waals surface area contributed by atoms with Crippen molar-refractivity contribution in [2.24, 2.45) is 5.92 Å². The molecule has 0 aromatic heterocycles. The standard InChI is InChI=1S/C12H11ClFN/c1-7-3-10(13)9(4-11(7)14)12(6-15)5-8(12)2/h3-4,8H,5H2,1-2H3. The van der Waals surface area contributed by atoms with Gasteiger partial charge in [-0.05, 0) is 42.5 Å². The summed E-state index contributed by atoms with van der Waals surface area (Å²) in [6.07, 6.45) is 0.770. The molecule has 0 radical (unpaired) electrons. The lowest BCUT2D eigenvalue weighted by atomic mass is 9.94. The first kappa shape index (κ1) is 10.4. The molecule has 1 nitrogen and oxygen atoms in total. The van der Waals surface area contributed by atoms with E-state index in [9.17, 15) is 4.39 Å². The average molecular weight is 224 g/mol. The van der Waals surface area contributed by atoms with Gasteiger partial charge in [0.25, 0.3) is 0 Å². The van der Waals surface area contributed by atoms with Gasteiger partial charge in [0.2, 0.25) is 0 Å². The summed E-state index contributed by atoms with van der Waals surface area (Å²) in [4.78, 5) is 0. The predicted octanol–water partition coefficient (Wildman–Crippen LogP) is 3.59. The third kappa shape index (κ3) is 1.42. The predicted molar refractivity (Wildman–Crippen MR) is 57.2 cm³/mol. The minimum atomic E-state index is -0.550. The maximum atomic E-state index is 13.4. The molecule has 3 heteroatoms. The molecule has 2 rings (SSSR count). The first-order valence-corrected chi connectivity index (χ1v) is 5.26. The molecule has 0 saturated heterocycles. The Balaban J connectivity index is 2.56. The fourth-order valence-electron chi connectivity index (χ4n) is 2.00. The van der Waals surface area contributed by atoms with Crippen LogP contribution in [0.5, 0.6) is 0 Å². The quantitative estimate of drug-likeness (QED) is 0.714. The third-order valence-corrected chi connectivity index (χ3v) is 3.55. The van der Waals surface area contributed by atoms with Crippen molar-refractivity contribution in [3.63, 3.8) is 0 Å². The van der Waals surface area contributed by atoms with Crippen molar-refractivity contribution < 1.29 is 4.39 Å². The molecule has 2 atom stereocenters. The molecule has 1 fully saturated rings. The molecular formula is C12H11ClFN. The molecule has 0 aliphatic heterocycles. The number of nitriles is 1. The lowest BCUT2D eigenvalue weighted by molar-refractivity contribution is 0.613. The van der Waals surface area contributed by atoms with Crippen LogP contribution in [0.4, 0.5) is 4.39 Å². The lowest BCUT2D eigenvalue weighted by Gasteiger charge is -2.11. The summed E-state index contributed by atoms with van der Waals surface area (Å²) in [6.45, 7) is 3.65. The van der Waals surface area contributed by atoms with Crippen LogP contribution in [0, 0.1) is 30.0 Å². The van der Waals surface area contributed by atoms with Crippen molar-refractivity contribution in [3.05, 3.63) is 34.1 Å². The van der Waals surface area contributed by atoms with E-state index in [0.29, 0.717) is 16.1 Å². The Morgan fingerprint density at radius 2 is 2.20 bits per heavy atom. The Labute approximate surface area is 93.5 Å². The van der Waals surface area contributed by atoms with Crippen LogP contribution in [0.25, 0.3) is 0 Å². The summed E-state index contributed by atoms with van der Waals surface area (Å²) in [6, 6.07) is 5.26.